The molecule has 0 aromatic carbocycles. The summed E-state index contributed by atoms with van der Waals surface area (Å²) in [5, 5.41) is 15.7. The van der Waals surface area contributed by atoms with Crippen molar-refractivity contribution in [3.63, 3.8) is 0 Å². The molecule has 1 aliphatic rings. The maximum Gasteiger partial charge on any atom is 0.167 e. The third kappa shape index (κ3) is 4.27. The molecular formula is C15H29N5. The lowest BCUT2D eigenvalue weighted by atomic mass is 9.81. The van der Waals surface area contributed by atoms with E-state index in [2.05, 4.69) is 41.6 Å². The predicted molar refractivity (Wildman–Crippen MR) is 80.3 cm³/mol. The first-order valence-electron chi connectivity index (χ1n) is 8.20. The smallest absolute Gasteiger partial charge is 0.167 e. The van der Waals surface area contributed by atoms with Gasteiger partial charge < -0.3 is 5.32 Å². The molecule has 5 nitrogen and oxygen atoms in total. The standard InChI is InChI=1S/C15H29N5/c1-4-9-16-13(3)15-17-18-19-20(15)10-8-14-7-5-6-12(2)11-14/h12-14,16H,4-11H2,1-3H3. The van der Waals surface area contributed by atoms with Crippen LogP contribution in [-0.2, 0) is 6.54 Å². The average molecular weight is 279 g/mol. The van der Waals surface area contributed by atoms with Gasteiger partial charge in [-0.1, -0.05) is 33.1 Å². The molecule has 3 atom stereocenters. The molecule has 0 saturated heterocycles. The van der Waals surface area contributed by atoms with E-state index in [0.717, 1.165) is 37.2 Å². The number of hydrogen-bond donors (Lipinski definition) is 1. The summed E-state index contributed by atoms with van der Waals surface area (Å²) in [5.41, 5.74) is 0. The van der Waals surface area contributed by atoms with Gasteiger partial charge in [0.1, 0.15) is 0 Å². The molecule has 20 heavy (non-hydrogen) atoms. The van der Waals surface area contributed by atoms with E-state index < -0.39 is 0 Å². The Balaban J connectivity index is 1.85. The summed E-state index contributed by atoms with van der Waals surface area (Å²) in [6.45, 7) is 8.66. The van der Waals surface area contributed by atoms with Crippen LogP contribution in [-0.4, -0.2) is 26.8 Å². The van der Waals surface area contributed by atoms with Gasteiger partial charge in [-0.2, -0.15) is 0 Å². The molecule has 1 aromatic rings. The highest BCUT2D eigenvalue weighted by molar-refractivity contribution is 4.89. The van der Waals surface area contributed by atoms with Crippen molar-refractivity contribution >= 4 is 0 Å². The fourth-order valence-electron chi connectivity index (χ4n) is 3.26. The Morgan fingerprint density at radius 2 is 2.25 bits per heavy atom. The van der Waals surface area contributed by atoms with Crippen molar-refractivity contribution in [2.75, 3.05) is 6.54 Å². The molecule has 0 radical (unpaired) electrons. The van der Waals surface area contributed by atoms with E-state index in [4.69, 9.17) is 0 Å². The van der Waals surface area contributed by atoms with Crippen molar-refractivity contribution in [1.82, 2.24) is 25.5 Å². The Morgan fingerprint density at radius 1 is 1.40 bits per heavy atom. The monoisotopic (exact) mass is 279 g/mol. The number of nitrogens with one attached hydrogen (secondary N) is 1. The topological polar surface area (TPSA) is 55.6 Å². The second-order valence-electron chi connectivity index (χ2n) is 6.36. The van der Waals surface area contributed by atoms with Crippen LogP contribution >= 0.6 is 0 Å². The fourth-order valence-corrected chi connectivity index (χ4v) is 3.26. The largest absolute Gasteiger partial charge is 0.307 e. The lowest BCUT2D eigenvalue weighted by Crippen LogP contribution is -2.24. The molecule has 1 aromatic heterocycles. The molecule has 114 valence electrons. The van der Waals surface area contributed by atoms with Gasteiger partial charge >= 0.3 is 0 Å². The van der Waals surface area contributed by atoms with Crippen molar-refractivity contribution in [1.29, 1.82) is 0 Å². The second kappa shape index (κ2) is 7.72. The van der Waals surface area contributed by atoms with E-state index in [0.29, 0.717) is 0 Å². The van der Waals surface area contributed by atoms with Crippen molar-refractivity contribution in [3.05, 3.63) is 5.82 Å². The van der Waals surface area contributed by atoms with Crippen molar-refractivity contribution in [2.45, 2.75) is 71.9 Å². The van der Waals surface area contributed by atoms with Crippen LogP contribution in [0.4, 0.5) is 0 Å². The molecule has 1 N–H and O–H groups in total. The first-order valence-corrected chi connectivity index (χ1v) is 8.20. The average Bonchev–Trinajstić information content (AvgIpc) is 2.91. The van der Waals surface area contributed by atoms with Gasteiger partial charge in [0.25, 0.3) is 0 Å². The number of nitrogens with zero attached hydrogens (tertiary/aromatic N) is 4. The number of rotatable bonds is 7. The zero-order valence-electron chi connectivity index (χ0n) is 13.2. The highest BCUT2D eigenvalue weighted by atomic mass is 15.5. The Labute approximate surface area is 122 Å². The quantitative estimate of drug-likeness (QED) is 0.833. The predicted octanol–water partition coefficient (Wildman–Crippen LogP) is 2.95. The van der Waals surface area contributed by atoms with Gasteiger partial charge in [0.05, 0.1) is 6.04 Å². The summed E-state index contributed by atoms with van der Waals surface area (Å²) >= 11 is 0. The molecule has 0 spiro atoms. The first kappa shape index (κ1) is 15.4. The number of tetrazole rings is 1. The molecule has 1 heterocycles. The molecule has 0 amide bonds. The normalized spacial score (nSPS) is 24.8. The van der Waals surface area contributed by atoms with Crippen LogP contribution in [0.1, 0.15) is 71.2 Å². The summed E-state index contributed by atoms with van der Waals surface area (Å²) in [6, 6.07) is 0.232. The molecule has 1 aliphatic carbocycles. The van der Waals surface area contributed by atoms with E-state index in [1.807, 2.05) is 4.68 Å². The van der Waals surface area contributed by atoms with Gasteiger partial charge in [0.15, 0.2) is 5.82 Å². The van der Waals surface area contributed by atoms with Crippen LogP contribution in [0.2, 0.25) is 0 Å². The summed E-state index contributed by atoms with van der Waals surface area (Å²) < 4.78 is 1.99. The summed E-state index contributed by atoms with van der Waals surface area (Å²) in [6.07, 6.45) is 7.90. The van der Waals surface area contributed by atoms with E-state index in [-0.39, 0.29) is 6.04 Å². The third-order valence-electron chi connectivity index (χ3n) is 4.44. The molecular weight excluding hydrogens is 250 g/mol. The number of aryl methyl sites for hydroxylation is 1. The SMILES string of the molecule is CCCNC(C)c1nnnn1CCC1CCCC(C)C1. The summed E-state index contributed by atoms with van der Waals surface area (Å²) in [5.74, 6) is 2.73. The summed E-state index contributed by atoms with van der Waals surface area (Å²) in [7, 11) is 0. The highest BCUT2D eigenvalue weighted by Gasteiger charge is 2.20. The van der Waals surface area contributed by atoms with Gasteiger partial charge in [-0.05, 0) is 55.0 Å². The van der Waals surface area contributed by atoms with Gasteiger partial charge in [0.2, 0.25) is 0 Å². The Kier molecular flexibility index (Phi) is 5.95. The minimum atomic E-state index is 0.232. The second-order valence-corrected chi connectivity index (χ2v) is 6.36. The summed E-state index contributed by atoms with van der Waals surface area (Å²) in [4.78, 5) is 0. The van der Waals surface area contributed by atoms with Crippen molar-refractivity contribution < 1.29 is 0 Å². The Bertz CT molecular complexity index is 389. The molecule has 3 unspecified atom stereocenters. The van der Waals surface area contributed by atoms with Crippen LogP contribution in [0.25, 0.3) is 0 Å². The van der Waals surface area contributed by atoms with E-state index in [9.17, 15) is 0 Å². The van der Waals surface area contributed by atoms with Crippen molar-refractivity contribution in [3.8, 4) is 0 Å². The molecule has 2 rings (SSSR count). The highest BCUT2D eigenvalue weighted by Crippen LogP contribution is 2.31. The minimum Gasteiger partial charge on any atom is -0.307 e. The number of hydrogen-bond acceptors (Lipinski definition) is 4. The molecule has 0 bridgehead atoms. The molecule has 1 saturated carbocycles. The lowest BCUT2D eigenvalue weighted by Gasteiger charge is -2.26. The zero-order chi connectivity index (χ0) is 14.4. The van der Waals surface area contributed by atoms with Gasteiger partial charge in [-0.3, -0.25) is 0 Å². The van der Waals surface area contributed by atoms with Gasteiger partial charge in [-0.25, -0.2) is 4.68 Å². The lowest BCUT2D eigenvalue weighted by molar-refractivity contribution is 0.256. The maximum atomic E-state index is 4.19. The van der Waals surface area contributed by atoms with Crippen LogP contribution < -0.4 is 5.32 Å². The third-order valence-corrected chi connectivity index (χ3v) is 4.44. The zero-order valence-corrected chi connectivity index (χ0v) is 13.2. The Morgan fingerprint density at radius 3 is 3.00 bits per heavy atom. The first-order chi connectivity index (χ1) is 9.70. The van der Waals surface area contributed by atoms with Crippen molar-refractivity contribution in [2.24, 2.45) is 11.8 Å². The van der Waals surface area contributed by atoms with Gasteiger partial charge in [-0.15, -0.1) is 5.10 Å². The Hall–Kier alpha value is -0.970. The van der Waals surface area contributed by atoms with Crippen LogP contribution in [0.3, 0.4) is 0 Å². The van der Waals surface area contributed by atoms with E-state index in [1.54, 1.807) is 0 Å². The fraction of sp³-hybridized carbons (Fsp3) is 0.933. The maximum absolute atomic E-state index is 4.19. The molecule has 0 aliphatic heterocycles. The van der Waals surface area contributed by atoms with E-state index >= 15 is 0 Å². The van der Waals surface area contributed by atoms with Crippen LogP contribution in [0.15, 0.2) is 0 Å². The molecule has 5 heteroatoms. The van der Waals surface area contributed by atoms with E-state index in [1.165, 1.54) is 32.1 Å². The van der Waals surface area contributed by atoms with Crippen LogP contribution in [0, 0.1) is 11.8 Å². The van der Waals surface area contributed by atoms with Crippen LogP contribution in [0.5, 0.6) is 0 Å². The molecule has 1 fully saturated rings. The van der Waals surface area contributed by atoms with Gasteiger partial charge in [0, 0.05) is 6.54 Å². The minimum absolute atomic E-state index is 0.232. The number of aromatic nitrogens is 4.